The molecule has 2 aromatic rings. The maximum Gasteiger partial charge on any atom is 0.193 e. The van der Waals surface area contributed by atoms with Crippen molar-refractivity contribution in [3.8, 4) is 0 Å². The molecule has 0 aromatic heterocycles. The lowest BCUT2D eigenvalue weighted by molar-refractivity contribution is 0.0264. The van der Waals surface area contributed by atoms with Gasteiger partial charge in [0, 0.05) is 39.2 Å². The van der Waals surface area contributed by atoms with Crippen LogP contribution in [0.2, 0.25) is 0 Å². The largest absolute Gasteiger partial charge is 0.378 e. The van der Waals surface area contributed by atoms with Gasteiger partial charge in [-0.05, 0) is 37.3 Å². The van der Waals surface area contributed by atoms with Crippen molar-refractivity contribution >= 4 is 29.9 Å². The van der Waals surface area contributed by atoms with E-state index in [9.17, 15) is 0 Å². The van der Waals surface area contributed by atoms with Crippen LogP contribution in [0.25, 0.3) is 0 Å². The number of piperidine rings is 1. The number of ether oxygens (including phenoxy) is 1. The summed E-state index contributed by atoms with van der Waals surface area (Å²) in [6.45, 7) is 5.78. The Labute approximate surface area is 192 Å². The number of halogens is 1. The molecule has 1 fully saturated rings. The first-order valence-electron chi connectivity index (χ1n) is 10.5. The highest BCUT2D eigenvalue weighted by molar-refractivity contribution is 14.0. The van der Waals surface area contributed by atoms with Gasteiger partial charge in [-0.1, -0.05) is 60.7 Å². The zero-order chi connectivity index (χ0) is 19.6. The van der Waals surface area contributed by atoms with E-state index in [2.05, 4.69) is 82.8 Å². The van der Waals surface area contributed by atoms with Gasteiger partial charge in [-0.15, -0.1) is 24.0 Å². The first-order valence-corrected chi connectivity index (χ1v) is 10.5. The number of rotatable bonds is 7. The number of aliphatic imine (C=N–C) groups is 1. The fraction of sp³-hybridized carbons (Fsp3) is 0.458. The van der Waals surface area contributed by atoms with Crippen molar-refractivity contribution in [2.75, 3.05) is 33.3 Å². The number of hydrogen-bond donors (Lipinski definition) is 1. The van der Waals surface area contributed by atoms with Crippen molar-refractivity contribution in [2.24, 2.45) is 4.99 Å². The molecule has 4 nitrogen and oxygen atoms in total. The third-order valence-corrected chi connectivity index (χ3v) is 5.48. The molecule has 0 amide bonds. The number of guanidine groups is 1. The Balaban J connectivity index is 0.00000300. The van der Waals surface area contributed by atoms with Crippen LogP contribution in [0.5, 0.6) is 0 Å². The fourth-order valence-electron chi connectivity index (χ4n) is 4.03. The van der Waals surface area contributed by atoms with Crippen molar-refractivity contribution in [1.29, 1.82) is 0 Å². The lowest BCUT2D eigenvalue weighted by atomic mass is 9.88. The van der Waals surface area contributed by atoms with Gasteiger partial charge in [0.2, 0.25) is 0 Å². The average molecular weight is 507 g/mol. The molecule has 0 bridgehead atoms. The van der Waals surface area contributed by atoms with Crippen LogP contribution in [0.15, 0.2) is 65.7 Å². The third-order valence-electron chi connectivity index (χ3n) is 5.48. The van der Waals surface area contributed by atoms with Crippen molar-refractivity contribution < 1.29 is 4.74 Å². The van der Waals surface area contributed by atoms with E-state index >= 15 is 0 Å². The third kappa shape index (κ3) is 7.00. The Morgan fingerprint density at radius 1 is 1.03 bits per heavy atom. The van der Waals surface area contributed by atoms with E-state index in [1.807, 2.05) is 7.05 Å². The smallest absolute Gasteiger partial charge is 0.193 e. The Morgan fingerprint density at radius 2 is 1.59 bits per heavy atom. The van der Waals surface area contributed by atoms with E-state index in [4.69, 9.17) is 4.74 Å². The molecular weight excluding hydrogens is 473 g/mol. The Hall–Kier alpha value is -1.60. The molecule has 2 aromatic carbocycles. The summed E-state index contributed by atoms with van der Waals surface area (Å²) in [5.41, 5.74) is 2.73. The van der Waals surface area contributed by atoms with Crippen LogP contribution in [-0.4, -0.2) is 50.3 Å². The van der Waals surface area contributed by atoms with Crippen LogP contribution in [-0.2, 0) is 4.74 Å². The summed E-state index contributed by atoms with van der Waals surface area (Å²) in [4.78, 5) is 6.87. The van der Waals surface area contributed by atoms with E-state index in [1.54, 1.807) is 0 Å². The predicted octanol–water partition coefficient (Wildman–Crippen LogP) is 4.90. The van der Waals surface area contributed by atoms with Gasteiger partial charge < -0.3 is 15.0 Å². The lowest BCUT2D eigenvalue weighted by Gasteiger charge is -2.34. The number of likely N-dealkylation sites (tertiary alicyclic amines) is 1. The van der Waals surface area contributed by atoms with Gasteiger partial charge in [0.15, 0.2) is 5.96 Å². The Morgan fingerprint density at radius 3 is 2.07 bits per heavy atom. The molecule has 5 heteroatoms. The molecule has 29 heavy (non-hydrogen) atoms. The summed E-state index contributed by atoms with van der Waals surface area (Å²) in [6, 6.07) is 21.6. The minimum atomic E-state index is 0. The number of hydrogen-bond acceptors (Lipinski definition) is 2. The van der Waals surface area contributed by atoms with Crippen molar-refractivity contribution in [3.05, 3.63) is 71.8 Å². The maximum atomic E-state index is 5.77. The van der Waals surface area contributed by atoms with Crippen LogP contribution in [0.1, 0.15) is 43.2 Å². The monoisotopic (exact) mass is 507 g/mol. The second-order valence-electron chi connectivity index (χ2n) is 7.28. The molecule has 0 atom stereocenters. The summed E-state index contributed by atoms with van der Waals surface area (Å²) in [6.07, 6.45) is 3.58. The normalized spacial score (nSPS) is 15.3. The lowest BCUT2D eigenvalue weighted by Crippen LogP contribution is -2.47. The average Bonchev–Trinajstić information content (AvgIpc) is 2.76. The summed E-state index contributed by atoms with van der Waals surface area (Å²) in [7, 11) is 1.88. The van der Waals surface area contributed by atoms with E-state index in [0.717, 1.165) is 51.5 Å². The first kappa shape index (κ1) is 23.7. The molecule has 158 valence electrons. The first-order chi connectivity index (χ1) is 13.8. The molecule has 1 aliphatic rings. The van der Waals surface area contributed by atoms with Crippen LogP contribution in [0.4, 0.5) is 0 Å². The maximum absolute atomic E-state index is 5.77. The molecule has 1 heterocycles. The van der Waals surface area contributed by atoms with E-state index in [1.165, 1.54) is 11.1 Å². The summed E-state index contributed by atoms with van der Waals surface area (Å²) < 4.78 is 5.77. The summed E-state index contributed by atoms with van der Waals surface area (Å²) in [5, 5.41) is 3.59. The van der Waals surface area contributed by atoms with Crippen LogP contribution in [0.3, 0.4) is 0 Å². The molecule has 0 spiro atoms. The topological polar surface area (TPSA) is 36.9 Å². The number of benzene rings is 2. The van der Waals surface area contributed by atoms with Gasteiger partial charge in [-0.2, -0.15) is 0 Å². The molecule has 0 aliphatic carbocycles. The highest BCUT2D eigenvalue weighted by Gasteiger charge is 2.22. The van der Waals surface area contributed by atoms with Crippen molar-refractivity contribution in [3.63, 3.8) is 0 Å². The summed E-state index contributed by atoms with van der Waals surface area (Å²) in [5.74, 6) is 1.39. The minimum absolute atomic E-state index is 0. The highest BCUT2D eigenvalue weighted by atomic mass is 127. The van der Waals surface area contributed by atoms with Crippen molar-refractivity contribution in [2.45, 2.75) is 38.2 Å². The van der Waals surface area contributed by atoms with Gasteiger partial charge in [-0.3, -0.25) is 4.99 Å². The van der Waals surface area contributed by atoms with Gasteiger partial charge in [0.05, 0.1) is 6.10 Å². The SMILES string of the molecule is CCOC1CCN(C(=NC)NCCC(c2ccccc2)c2ccccc2)CC1.I. The van der Waals surface area contributed by atoms with Gasteiger partial charge in [0.25, 0.3) is 0 Å². The molecule has 0 unspecified atom stereocenters. The Bertz CT molecular complexity index is 676. The summed E-state index contributed by atoms with van der Waals surface area (Å²) >= 11 is 0. The molecule has 1 aliphatic heterocycles. The molecule has 0 saturated carbocycles. The van der Waals surface area contributed by atoms with Crippen LogP contribution in [0, 0.1) is 0 Å². The standard InChI is InChI=1S/C24H33N3O.HI/c1-3-28-22-15-18-27(19-16-22)24(25-2)26-17-14-23(20-10-6-4-7-11-20)21-12-8-5-9-13-21;/h4-13,22-23H,3,14-19H2,1-2H3,(H,25,26);1H. The van der Waals surface area contributed by atoms with Gasteiger partial charge >= 0.3 is 0 Å². The number of nitrogens with zero attached hydrogens (tertiary/aromatic N) is 2. The zero-order valence-electron chi connectivity index (χ0n) is 17.6. The van der Waals surface area contributed by atoms with E-state index < -0.39 is 0 Å². The fourth-order valence-corrected chi connectivity index (χ4v) is 4.03. The molecule has 3 rings (SSSR count). The van der Waals surface area contributed by atoms with E-state index in [-0.39, 0.29) is 24.0 Å². The quantitative estimate of drug-likeness (QED) is 0.329. The Kier molecular flexibility index (Phi) is 10.5. The molecule has 0 radical (unpaired) electrons. The predicted molar refractivity (Wildman–Crippen MR) is 132 cm³/mol. The second-order valence-corrected chi connectivity index (χ2v) is 7.28. The minimum Gasteiger partial charge on any atom is -0.378 e. The van der Waals surface area contributed by atoms with Crippen LogP contribution < -0.4 is 5.32 Å². The van der Waals surface area contributed by atoms with Crippen LogP contribution >= 0.6 is 24.0 Å². The van der Waals surface area contributed by atoms with Gasteiger partial charge in [-0.25, -0.2) is 0 Å². The zero-order valence-corrected chi connectivity index (χ0v) is 19.9. The highest BCUT2D eigenvalue weighted by Crippen LogP contribution is 2.27. The molecule has 1 saturated heterocycles. The molecular formula is C24H34IN3O. The second kappa shape index (κ2) is 12.9. The number of nitrogens with one attached hydrogen (secondary N) is 1. The molecule has 1 N–H and O–H groups in total. The van der Waals surface area contributed by atoms with Gasteiger partial charge in [0.1, 0.15) is 0 Å². The van der Waals surface area contributed by atoms with E-state index in [0.29, 0.717) is 12.0 Å². The van der Waals surface area contributed by atoms with Crippen molar-refractivity contribution in [1.82, 2.24) is 10.2 Å².